The molecule has 0 aliphatic rings. The summed E-state index contributed by atoms with van der Waals surface area (Å²) in [5.74, 6) is -0.211. The maximum absolute atomic E-state index is 10.7. The summed E-state index contributed by atoms with van der Waals surface area (Å²) in [4.78, 5) is 10.7. The van der Waals surface area contributed by atoms with Crippen LogP contribution in [0.15, 0.2) is 18.2 Å². The van der Waals surface area contributed by atoms with E-state index in [0.717, 1.165) is 22.4 Å². The first kappa shape index (κ1) is 13.1. The Morgan fingerprint density at radius 2 is 2.00 bits per heavy atom. The second kappa shape index (κ2) is 5.14. The molecule has 2 rings (SSSR count). The Balaban J connectivity index is 2.14. The molecule has 1 heterocycles. The second-order valence-electron chi connectivity index (χ2n) is 4.53. The summed E-state index contributed by atoms with van der Waals surface area (Å²) in [5.41, 5.74) is 3.95. The van der Waals surface area contributed by atoms with E-state index < -0.39 is 5.97 Å². The van der Waals surface area contributed by atoms with Crippen molar-refractivity contribution in [3.05, 3.63) is 46.3 Å². The molecule has 100 valence electrons. The molecule has 0 atom stereocenters. The Hall–Kier alpha value is -2.30. The number of aromatic nitrogens is 2. The van der Waals surface area contributed by atoms with Gasteiger partial charge in [0.15, 0.2) is 5.69 Å². The maximum Gasteiger partial charge on any atom is 0.356 e. The van der Waals surface area contributed by atoms with Crippen LogP contribution in [-0.2, 0) is 6.61 Å². The van der Waals surface area contributed by atoms with Gasteiger partial charge in [-0.2, -0.15) is 5.10 Å². The largest absolute Gasteiger partial charge is 0.487 e. The summed E-state index contributed by atoms with van der Waals surface area (Å²) in [6, 6.07) is 5.53. The average molecular weight is 260 g/mol. The highest BCUT2D eigenvalue weighted by Crippen LogP contribution is 2.26. The number of aryl methyl sites for hydroxylation is 2. The fraction of sp³-hybridized carbons (Fsp3) is 0.286. The molecule has 5 heteroatoms. The molecular weight excluding hydrogens is 244 g/mol. The van der Waals surface area contributed by atoms with Crippen LogP contribution in [0.4, 0.5) is 0 Å². The summed E-state index contributed by atoms with van der Waals surface area (Å²) in [6.07, 6.45) is 0. The number of nitrogens with one attached hydrogen (secondary N) is 1. The molecule has 0 aliphatic carbocycles. The lowest BCUT2D eigenvalue weighted by molar-refractivity contribution is 0.0690. The average Bonchev–Trinajstić information content (AvgIpc) is 2.83. The van der Waals surface area contributed by atoms with Gasteiger partial charge in [0.25, 0.3) is 0 Å². The molecule has 0 unspecified atom stereocenters. The van der Waals surface area contributed by atoms with Gasteiger partial charge in [-0.25, -0.2) is 4.79 Å². The van der Waals surface area contributed by atoms with Crippen LogP contribution in [0, 0.1) is 20.8 Å². The molecule has 0 amide bonds. The predicted octanol–water partition coefficient (Wildman–Crippen LogP) is 2.61. The van der Waals surface area contributed by atoms with Crippen molar-refractivity contribution in [2.24, 2.45) is 0 Å². The highest BCUT2D eigenvalue weighted by atomic mass is 16.5. The van der Waals surface area contributed by atoms with Crippen LogP contribution in [-0.4, -0.2) is 21.3 Å². The molecule has 19 heavy (non-hydrogen) atoms. The number of carboxylic acids is 1. The molecule has 1 aromatic carbocycles. The Bertz CT molecular complexity index is 617. The highest BCUT2D eigenvalue weighted by molar-refractivity contribution is 5.85. The van der Waals surface area contributed by atoms with Gasteiger partial charge in [-0.05, 0) is 43.5 Å². The zero-order valence-corrected chi connectivity index (χ0v) is 11.2. The molecule has 0 fully saturated rings. The number of rotatable bonds is 4. The van der Waals surface area contributed by atoms with Crippen LogP contribution in [0.1, 0.15) is 32.9 Å². The first-order valence-electron chi connectivity index (χ1n) is 5.96. The van der Waals surface area contributed by atoms with Crippen molar-refractivity contribution in [3.63, 3.8) is 0 Å². The first-order valence-corrected chi connectivity index (χ1v) is 5.96. The van der Waals surface area contributed by atoms with Crippen LogP contribution in [0.25, 0.3) is 0 Å². The lowest BCUT2D eigenvalue weighted by Gasteiger charge is -2.13. The quantitative estimate of drug-likeness (QED) is 0.886. The fourth-order valence-electron chi connectivity index (χ4n) is 1.84. The van der Waals surface area contributed by atoms with Crippen molar-refractivity contribution in [1.29, 1.82) is 0 Å². The van der Waals surface area contributed by atoms with Crippen LogP contribution in [0.5, 0.6) is 5.75 Å². The molecule has 0 spiro atoms. The van der Waals surface area contributed by atoms with Gasteiger partial charge >= 0.3 is 5.97 Å². The van der Waals surface area contributed by atoms with Crippen molar-refractivity contribution >= 4 is 5.97 Å². The van der Waals surface area contributed by atoms with Gasteiger partial charge in [-0.15, -0.1) is 0 Å². The SMILES string of the molecule is Cc1ccc(C)c(OCc2cc(C(=O)O)n[nH]2)c1C. The van der Waals surface area contributed by atoms with Crippen molar-refractivity contribution in [2.45, 2.75) is 27.4 Å². The summed E-state index contributed by atoms with van der Waals surface area (Å²) in [5, 5.41) is 15.1. The number of carbonyl (C=O) groups is 1. The second-order valence-corrected chi connectivity index (χ2v) is 4.53. The number of nitrogens with zero attached hydrogens (tertiary/aromatic N) is 1. The summed E-state index contributed by atoms with van der Waals surface area (Å²) >= 11 is 0. The van der Waals surface area contributed by atoms with Gasteiger partial charge in [0.05, 0.1) is 5.69 Å². The summed E-state index contributed by atoms with van der Waals surface area (Å²) < 4.78 is 5.76. The third-order valence-corrected chi connectivity index (χ3v) is 3.10. The van der Waals surface area contributed by atoms with E-state index in [4.69, 9.17) is 9.84 Å². The highest BCUT2D eigenvalue weighted by Gasteiger charge is 2.10. The van der Waals surface area contributed by atoms with Crippen molar-refractivity contribution in [2.75, 3.05) is 0 Å². The Labute approximate surface area is 111 Å². The van der Waals surface area contributed by atoms with Gasteiger partial charge in [-0.1, -0.05) is 12.1 Å². The topological polar surface area (TPSA) is 75.2 Å². The molecule has 5 nitrogen and oxygen atoms in total. The predicted molar refractivity (Wildman–Crippen MR) is 70.5 cm³/mol. The van der Waals surface area contributed by atoms with E-state index in [1.54, 1.807) is 0 Å². The van der Waals surface area contributed by atoms with Crippen LogP contribution in [0.3, 0.4) is 0 Å². The van der Waals surface area contributed by atoms with Crippen molar-refractivity contribution in [1.82, 2.24) is 10.2 Å². The monoisotopic (exact) mass is 260 g/mol. The minimum atomic E-state index is -1.05. The third-order valence-electron chi connectivity index (χ3n) is 3.10. The van der Waals surface area contributed by atoms with Crippen LogP contribution >= 0.6 is 0 Å². The number of benzene rings is 1. The van der Waals surface area contributed by atoms with Gasteiger partial charge in [-0.3, -0.25) is 5.10 Å². The zero-order valence-electron chi connectivity index (χ0n) is 11.2. The van der Waals surface area contributed by atoms with Gasteiger partial charge in [0.1, 0.15) is 12.4 Å². The van der Waals surface area contributed by atoms with E-state index >= 15 is 0 Å². The molecule has 0 aliphatic heterocycles. The number of aromatic amines is 1. The minimum Gasteiger partial charge on any atom is -0.487 e. The van der Waals surface area contributed by atoms with E-state index in [2.05, 4.69) is 16.3 Å². The van der Waals surface area contributed by atoms with Gasteiger partial charge in [0.2, 0.25) is 0 Å². The third kappa shape index (κ3) is 2.76. The first-order chi connectivity index (χ1) is 8.99. The summed E-state index contributed by atoms with van der Waals surface area (Å²) in [7, 11) is 0. The van der Waals surface area contributed by atoms with E-state index in [-0.39, 0.29) is 12.3 Å². The lowest BCUT2D eigenvalue weighted by atomic mass is 10.1. The number of carboxylic acid groups (broad SMARTS) is 1. The molecule has 2 N–H and O–H groups in total. The molecule has 0 bridgehead atoms. The molecule has 1 aromatic heterocycles. The zero-order chi connectivity index (χ0) is 14.0. The number of ether oxygens (including phenoxy) is 1. The summed E-state index contributed by atoms with van der Waals surface area (Å²) in [6.45, 7) is 6.29. The minimum absolute atomic E-state index is 0.00344. The number of hydrogen-bond acceptors (Lipinski definition) is 3. The van der Waals surface area contributed by atoms with Crippen LogP contribution < -0.4 is 4.74 Å². The smallest absolute Gasteiger partial charge is 0.356 e. The fourth-order valence-corrected chi connectivity index (χ4v) is 1.84. The molecule has 2 aromatic rings. The van der Waals surface area contributed by atoms with Crippen LogP contribution in [0.2, 0.25) is 0 Å². The number of hydrogen-bond donors (Lipinski definition) is 2. The maximum atomic E-state index is 10.7. The van der Waals surface area contributed by atoms with E-state index in [1.165, 1.54) is 6.07 Å². The molecule has 0 saturated heterocycles. The van der Waals surface area contributed by atoms with E-state index in [0.29, 0.717) is 5.69 Å². The number of aromatic carboxylic acids is 1. The van der Waals surface area contributed by atoms with Gasteiger partial charge < -0.3 is 9.84 Å². The van der Waals surface area contributed by atoms with Gasteiger partial charge in [0, 0.05) is 0 Å². The molecule has 0 saturated carbocycles. The Morgan fingerprint density at radius 1 is 1.32 bits per heavy atom. The normalized spacial score (nSPS) is 10.5. The van der Waals surface area contributed by atoms with Crippen molar-refractivity contribution < 1.29 is 14.6 Å². The van der Waals surface area contributed by atoms with Crippen molar-refractivity contribution in [3.8, 4) is 5.75 Å². The van der Waals surface area contributed by atoms with E-state index in [1.807, 2.05) is 26.8 Å². The van der Waals surface area contributed by atoms with E-state index in [9.17, 15) is 4.79 Å². The molecular formula is C14H16N2O3. The standard InChI is InChI=1S/C14H16N2O3/c1-8-4-5-9(2)13(10(8)3)19-7-11-6-12(14(17)18)16-15-11/h4-6H,7H2,1-3H3,(H,15,16)(H,17,18). The molecule has 0 radical (unpaired) electrons. The lowest BCUT2D eigenvalue weighted by Crippen LogP contribution is -2.00. The Morgan fingerprint density at radius 3 is 2.63 bits per heavy atom. The Kier molecular flexibility index (Phi) is 3.55. The number of H-pyrrole nitrogens is 1.